The molecule has 1 aromatic rings. The Morgan fingerprint density at radius 2 is 2.46 bits per heavy atom. The number of aryl methyl sites for hydroxylation is 1. The molecular weight excluding hydrogens is 162 g/mol. The molecule has 1 rings (SSSR count). The molecule has 0 amide bonds. The molecule has 0 aliphatic rings. The lowest BCUT2D eigenvalue weighted by atomic mass is 10.1. The van der Waals surface area contributed by atoms with E-state index in [2.05, 4.69) is 11.6 Å². The summed E-state index contributed by atoms with van der Waals surface area (Å²) in [6, 6.07) is 3.60. The zero-order chi connectivity index (χ0) is 9.68. The van der Waals surface area contributed by atoms with E-state index in [1.54, 1.807) is 18.3 Å². The fourth-order valence-electron chi connectivity index (χ4n) is 1.15. The molecule has 0 aromatic carbocycles. The minimum atomic E-state index is 0.144. The second-order valence-corrected chi connectivity index (χ2v) is 2.89. The number of Topliss-reactive ketones (excluding diaryl/α,β-unsaturated/α-hetero) is 1. The lowest BCUT2D eigenvalue weighted by Gasteiger charge is -2.01. The lowest BCUT2D eigenvalue weighted by Crippen LogP contribution is -2.02. The minimum Gasteiger partial charge on any atom is -0.294 e. The molecule has 13 heavy (non-hydrogen) atoms. The van der Waals surface area contributed by atoms with E-state index < -0.39 is 0 Å². The number of nitrogens with zero attached hydrogens (tertiary/aromatic N) is 1. The Hall–Kier alpha value is -1.44. The van der Waals surface area contributed by atoms with Gasteiger partial charge in [-0.15, -0.1) is 6.58 Å². The van der Waals surface area contributed by atoms with Crippen LogP contribution in [0.25, 0.3) is 0 Å². The number of ketones is 1. The van der Waals surface area contributed by atoms with Gasteiger partial charge < -0.3 is 0 Å². The summed E-state index contributed by atoms with van der Waals surface area (Å²) in [5, 5.41) is 0. The van der Waals surface area contributed by atoms with Crippen molar-refractivity contribution in [1.29, 1.82) is 0 Å². The molecule has 0 saturated carbocycles. The van der Waals surface area contributed by atoms with Gasteiger partial charge in [0.05, 0.1) is 0 Å². The van der Waals surface area contributed by atoms with Crippen molar-refractivity contribution in [3.8, 4) is 0 Å². The largest absolute Gasteiger partial charge is 0.294 e. The summed E-state index contributed by atoms with van der Waals surface area (Å²) in [7, 11) is 0. The number of hydrogen-bond acceptors (Lipinski definition) is 2. The fourth-order valence-corrected chi connectivity index (χ4v) is 1.15. The molecule has 0 aliphatic carbocycles. The van der Waals surface area contributed by atoms with E-state index in [-0.39, 0.29) is 5.78 Å². The summed E-state index contributed by atoms with van der Waals surface area (Å²) in [5.74, 6) is 0.144. The molecule has 1 aromatic heterocycles. The van der Waals surface area contributed by atoms with Crippen LogP contribution in [0.5, 0.6) is 0 Å². The molecule has 1 heterocycles. The summed E-state index contributed by atoms with van der Waals surface area (Å²) >= 11 is 0. The molecule has 0 N–H and O–H groups in total. The van der Waals surface area contributed by atoms with Gasteiger partial charge in [-0.1, -0.05) is 6.08 Å². The van der Waals surface area contributed by atoms with E-state index in [1.807, 2.05) is 13.0 Å². The van der Waals surface area contributed by atoms with Crippen LogP contribution in [-0.2, 0) is 0 Å². The maximum Gasteiger partial charge on any atom is 0.165 e. The molecule has 0 unspecified atom stereocenters. The van der Waals surface area contributed by atoms with Gasteiger partial charge in [-0.2, -0.15) is 0 Å². The molecule has 0 saturated heterocycles. The number of carbonyl (C=O) groups excluding carboxylic acids is 1. The molecule has 68 valence electrons. The second kappa shape index (κ2) is 4.55. The number of aromatic nitrogens is 1. The zero-order valence-corrected chi connectivity index (χ0v) is 7.79. The van der Waals surface area contributed by atoms with Crippen molar-refractivity contribution in [1.82, 2.24) is 4.98 Å². The first kappa shape index (κ1) is 9.65. The highest BCUT2D eigenvalue weighted by molar-refractivity contribution is 5.96. The summed E-state index contributed by atoms with van der Waals surface area (Å²) in [4.78, 5) is 15.6. The van der Waals surface area contributed by atoms with Gasteiger partial charge in [-0.05, 0) is 25.5 Å². The van der Waals surface area contributed by atoms with Gasteiger partial charge in [0.15, 0.2) is 5.78 Å². The molecular formula is C11H13NO. The van der Waals surface area contributed by atoms with Crippen molar-refractivity contribution in [2.75, 3.05) is 0 Å². The summed E-state index contributed by atoms with van der Waals surface area (Å²) in [6.45, 7) is 5.43. The molecule has 0 atom stereocenters. The number of carbonyl (C=O) groups is 1. The zero-order valence-electron chi connectivity index (χ0n) is 7.79. The third-order valence-electron chi connectivity index (χ3n) is 1.88. The fraction of sp³-hybridized carbons (Fsp3) is 0.273. The normalized spacial score (nSPS) is 9.62. The van der Waals surface area contributed by atoms with Crippen molar-refractivity contribution in [2.24, 2.45) is 0 Å². The van der Waals surface area contributed by atoms with Crippen LogP contribution in [0.1, 0.15) is 28.9 Å². The lowest BCUT2D eigenvalue weighted by molar-refractivity contribution is 0.0982. The average Bonchev–Trinajstić information content (AvgIpc) is 2.15. The SMILES string of the molecule is C=CCCC(=O)c1cccnc1C. The highest BCUT2D eigenvalue weighted by atomic mass is 16.1. The summed E-state index contributed by atoms with van der Waals surface area (Å²) < 4.78 is 0. The van der Waals surface area contributed by atoms with Crippen molar-refractivity contribution in [3.63, 3.8) is 0 Å². The van der Waals surface area contributed by atoms with Gasteiger partial charge in [0.25, 0.3) is 0 Å². The first-order valence-corrected chi connectivity index (χ1v) is 4.31. The van der Waals surface area contributed by atoms with Gasteiger partial charge in [-0.3, -0.25) is 9.78 Å². The van der Waals surface area contributed by atoms with Crippen LogP contribution < -0.4 is 0 Å². The molecule has 2 heteroatoms. The summed E-state index contributed by atoms with van der Waals surface area (Å²) in [5.41, 5.74) is 1.53. The Labute approximate surface area is 78.3 Å². The third-order valence-corrected chi connectivity index (χ3v) is 1.88. The van der Waals surface area contributed by atoms with Gasteiger partial charge in [0, 0.05) is 23.9 Å². The highest BCUT2D eigenvalue weighted by Gasteiger charge is 2.07. The predicted molar refractivity (Wildman–Crippen MR) is 52.7 cm³/mol. The maximum atomic E-state index is 11.5. The molecule has 0 radical (unpaired) electrons. The first-order chi connectivity index (χ1) is 6.25. The van der Waals surface area contributed by atoms with Crippen molar-refractivity contribution in [3.05, 3.63) is 42.2 Å². The Morgan fingerprint density at radius 1 is 1.69 bits per heavy atom. The van der Waals surface area contributed by atoms with Crippen LogP contribution in [0, 0.1) is 6.92 Å². The third kappa shape index (κ3) is 2.51. The molecule has 0 aliphatic heterocycles. The van der Waals surface area contributed by atoms with Crippen molar-refractivity contribution < 1.29 is 4.79 Å². The van der Waals surface area contributed by atoms with E-state index in [0.717, 1.165) is 17.7 Å². The van der Waals surface area contributed by atoms with E-state index in [4.69, 9.17) is 0 Å². The van der Waals surface area contributed by atoms with Crippen molar-refractivity contribution in [2.45, 2.75) is 19.8 Å². The number of hydrogen-bond donors (Lipinski definition) is 0. The van der Waals surface area contributed by atoms with Crippen LogP contribution in [0.3, 0.4) is 0 Å². The van der Waals surface area contributed by atoms with Crippen LogP contribution in [0.15, 0.2) is 31.0 Å². The van der Waals surface area contributed by atoms with Gasteiger partial charge in [0.2, 0.25) is 0 Å². The molecule has 0 fully saturated rings. The van der Waals surface area contributed by atoms with Crippen LogP contribution >= 0.6 is 0 Å². The predicted octanol–water partition coefficient (Wildman–Crippen LogP) is 2.54. The number of allylic oxidation sites excluding steroid dienone is 1. The highest BCUT2D eigenvalue weighted by Crippen LogP contribution is 2.08. The first-order valence-electron chi connectivity index (χ1n) is 4.31. The average molecular weight is 175 g/mol. The summed E-state index contributed by atoms with van der Waals surface area (Å²) in [6.07, 6.45) is 4.70. The number of rotatable bonds is 4. The molecule has 0 bridgehead atoms. The Balaban J connectivity index is 2.76. The quantitative estimate of drug-likeness (QED) is 0.520. The van der Waals surface area contributed by atoms with Crippen LogP contribution in [-0.4, -0.2) is 10.8 Å². The van der Waals surface area contributed by atoms with E-state index in [0.29, 0.717) is 6.42 Å². The number of pyridine rings is 1. The Kier molecular flexibility index (Phi) is 3.38. The van der Waals surface area contributed by atoms with Crippen LogP contribution in [0.2, 0.25) is 0 Å². The maximum absolute atomic E-state index is 11.5. The van der Waals surface area contributed by atoms with E-state index in [9.17, 15) is 4.79 Å². The smallest absolute Gasteiger partial charge is 0.165 e. The van der Waals surface area contributed by atoms with Gasteiger partial charge in [-0.25, -0.2) is 0 Å². The van der Waals surface area contributed by atoms with Gasteiger partial charge >= 0.3 is 0 Å². The molecule has 0 spiro atoms. The van der Waals surface area contributed by atoms with E-state index in [1.165, 1.54) is 0 Å². The van der Waals surface area contributed by atoms with Crippen molar-refractivity contribution >= 4 is 5.78 Å². The standard InChI is InChI=1S/C11H13NO/c1-3-4-7-11(13)10-6-5-8-12-9(10)2/h3,5-6,8H,1,4,7H2,2H3. The monoisotopic (exact) mass is 175 g/mol. The van der Waals surface area contributed by atoms with Crippen LogP contribution in [0.4, 0.5) is 0 Å². The van der Waals surface area contributed by atoms with E-state index >= 15 is 0 Å². The minimum absolute atomic E-state index is 0.144. The molecule has 2 nitrogen and oxygen atoms in total. The second-order valence-electron chi connectivity index (χ2n) is 2.89. The Bertz CT molecular complexity index is 318. The Morgan fingerprint density at radius 3 is 3.08 bits per heavy atom. The topological polar surface area (TPSA) is 30.0 Å². The van der Waals surface area contributed by atoms with Gasteiger partial charge in [0.1, 0.15) is 0 Å².